The number of rotatable bonds is 2. The molecule has 3 nitrogen and oxygen atoms in total. The van der Waals surface area contributed by atoms with Gasteiger partial charge >= 0.3 is 0 Å². The van der Waals surface area contributed by atoms with Gasteiger partial charge < -0.3 is 0 Å². The van der Waals surface area contributed by atoms with Crippen molar-refractivity contribution in [3.05, 3.63) is 23.4 Å². The maximum absolute atomic E-state index is 11.6. The van der Waals surface area contributed by atoms with Crippen LogP contribution in [0.15, 0.2) is 18.3 Å². The van der Waals surface area contributed by atoms with Crippen molar-refractivity contribution in [3.63, 3.8) is 0 Å². The van der Waals surface area contributed by atoms with Crippen LogP contribution in [0, 0.1) is 5.92 Å². The Bertz CT molecular complexity index is 339. The van der Waals surface area contributed by atoms with Gasteiger partial charge in [-0.15, -0.1) is 0 Å². The molecule has 0 bridgehead atoms. The first-order chi connectivity index (χ1) is 6.52. The van der Waals surface area contributed by atoms with Crippen LogP contribution >= 0.6 is 11.6 Å². The number of aromatic nitrogens is 1. The highest BCUT2D eigenvalue weighted by Crippen LogP contribution is 2.16. The SMILES string of the molecule is CC(C)C(=O)N(C)c1cc(Cl)ccn1. The van der Waals surface area contributed by atoms with Gasteiger partial charge in [0.15, 0.2) is 0 Å². The molecular weight excluding hydrogens is 200 g/mol. The molecule has 0 spiro atoms. The number of amides is 1. The van der Waals surface area contributed by atoms with Crippen molar-refractivity contribution in [2.75, 3.05) is 11.9 Å². The van der Waals surface area contributed by atoms with Gasteiger partial charge in [0.2, 0.25) is 5.91 Å². The standard InChI is InChI=1S/C10H13ClN2O/c1-7(2)10(14)13(3)9-6-8(11)4-5-12-9/h4-7H,1-3H3. The van der Waals surface area contributed by atoms with Crippen molar-refractivity contribution in [2.45, 2.75) is 13.8 Å². The molecule has 0 aliphatic heterocycles. The van der Waals surface area contributed by atoms with Gasteiger partial charge in [0.05, 0.1) is 0 Å². The molecule has 1 aromatic heterocycles. The zero-order chi connectivity index (χ0) is 10.7. The zero-order valence-corrected chi connectivity index (χ0v) is 9.25. The number of carbonyl (C=O) groups excluding carboxylic acids is 1. The number of carbonyl (C=O) groups is 1. The van der Waals surface area contributed by atoms with E-state index in [0.29, 0.717) is 10.8 Å². The Labute approximate surface area is 88.7 Å². The fourth-order valence-electron chi connectivity index (χ4n) is 1.08. The third-order valence-electron chi connectivity index (χ3n) is 1.88. The molecule has 0 aliphatic carbocycles. The minimum absolute atomic E-state index is 0.0276. The van der Waals surface area contributed by atoms with E-state index in [-0.39, 0.29) is 11.8 Å². The number of hydrogen-bond donors (Lipinski definition) is 0. The van der Waals surface area contributed by atoms with Crippen LogP contribution in [0.3, 0.4) is 0 Å². The molecule has 4 heteroatoms. The average Bonchev–Trinajstić information content (AvgIpc) is 2.15. The number of hydrogen-bond acceptors (Lipinski definition) is 2. The van der Waals surface area contributed by atoms with Crippen LogP contribution in [0.1, 0.15) is 13.8 Å². The van der Waals surface area contributed by atoms with Gasteiger partial charge in [-0.25, -0.2) is 4.98 Å². The lowest BCUT2D eigenvalue weighted by atomic mass is 10.2. The maximum atomic E-state index is 11.6. The lowest BCUT2D eigenvalue weighted by Crippen LogP contribution is -2.30. The maximum Gasteiger partial charge on any atom is 0.230 e. The molecule has 0 saturated carbocycles. The number of pyridine rings is 1. The molecule has 0 saturated heterocycles. The summed E-state index contributed by atoms with van der Waals surface area (Å²) in [5, 5.41) is 0.582. The first-order valence-electron chi connectivity index (χ1n) is 4.41. The Kier molecular flexibility index (Phi) is 3.47. The number of halogens is 1. The Hall–Kier alpha value is -1.09. The molecule has 0 aliphatic rings. The van der Waals surface area contributed by atoms with Crippen LogP contribution in [0.2, 0.25) is 5.02 Å². The summed E-state index contributed by atoms with van der Waals surface area (Å²) in [6.07, 6.45) is 1.59. The van der Waals surface area contributed by atoms with E-state index in [4.69, 9.17) is 11.6 Å². The van der Waals surface area contributed by atoms with Gasteiger partial charge in [-0.1, -0.05) is 25.4 Å². The highest BCUT2D eigenvalue weighted by molar-refractivity contribution is 6.30. The minimum Gasteiger partial charge on any atom is -0.300 e. The predicted octanol–water partition coefficient (Wildman–Crippen LogP) is 2.35. The van der Waals surface area contributed by atoms with E-state index < -0.39 is 0 Å². The summed E-state index contributed by atoms with van der Waals surface area (Å²) in [6, 6.07) is 3.35. The summed E-state index contributed by atoms with van der Waals surface area (Å²) in [4.78, 5) is 17.2. The third-order valence-corrected chi connectivity index (χ3v) is 2.11. The quantitative estimate of drug-likeness (QED) is 0.754. The van der Waals surface area contributed by atoms with Gasteiger partial charge in [0, 0.05) is 24.2 Å². The Morgan fingerprint density at radius 2 is 2.21 bits per heavy atom. The molecule has 0 fully saturated rings. The molecule has 1 aromatic rings. The van der Waals surface area contributed by atoms with E-state index in [1.807, 2.05) is 13.8 Å². The van der Waals surface area contributed by atoms with Gasteiger partial charge in [-0.05, 0) is 12.1 Å². The molecule has 0 radical (unpaired) electrons. The van der Waals surface area contributed by atoms with Gasteiger partial charge in [0.1, 0.15) is 5.82 Å². The first-order valence-corrected chi connectivity index (χ1v) is 4.79. The summed E-state index contributed by atoms with van der Waals surface area (Å²) >= 11 is 5.80. The molecule has 76 valence electrons. The summed E-state index contributed by atoms with van der Waals surface area (Å²) < 4.78 is 0. The van der Waals surface area contributed by atoms with Crippen molar-refractivity contribution in [2.24, 2.45) is 5.92 Å². The highest BCUT2D eigenvalue weighted by Gasteiger charge is 2.15. The van der Waals surface area contributed by atoms with E-state index in [1.54, 1.807) is 25.4 Å². The lowest BCUT2D eigenvalue weighted by Gasteiger charge is -2.18. The Balaban J connectivity index is 2.89. The van der Waals surface area contributed by atoms with E-state index in [1.165, 1.54) is 4.90 Å². The molecule has 0 atom stereocenters. The highest BCUT2D eigenvalue weighted by atomic mass is 35.5. The molecule has 0 aromatic carbocycles. The predicted molar refractivity (Wildman–Crippen MR) is 57.5 cm³/mol. The molecule has 0 N–H and O–H groups in total. The van der Waals surface area contributed by atoms with Crippen molar-refractivity contribution in [1.82, 2.24) is 4.98 Å². The minimum atomic E-state index is -0.0409. The molecule has 1 rings (SSSR count). The number of nitrogens with zero attached hydrogens (tertiary/aromatic N) is 2. The van der Waals surface area contributed by atoms with Crippen LogP contribution in [-0.2, 0) is 4.79 Å². The molecule has 1 heterocycles. The third kappa shape index (κ3) is 2.45. The largest absolute Gasteiger partial charge is 0.300 e. The van der Waals surface area contributed by atoms with Crippen molar-refractivity contribution < 1.29 is 4.79 Å². The molecule has 0 unspecified atom stereocenters. The van der Waals surface area contributed by atoms with E-state index in [2.05, 4.69) is 4.98 Å². The summed E-state index contributed by atoms with van der Waals surface area (Å²) in [5.74, 6) is 0.566. The topological polar surface area (TPSA) is 33.2 Å². The van der Waals surface area contributed by atoms with E-state index in [9.17, 15) is 4.79 Å². The summed E-state index contributed by atoms with van der Waals surface area (Å²) in [6.45, 7) is 3.70. The van der Waals surface area contributed by atoms with Crippen LogP contribution in [0.25, 0.3) is 0 Å². The second-order valence-corrected chi connectivity index (χ2v) is 3.82. The smallest absolute Gasteiger partial charge is 0.230 e. The van der Waals surface area contributed by atoms with Crippen LogP contribution in [0.5, 0.6) is 0 Å². The van der Waals surface area contributed by atoms with Crippen LogP contribution in [0.4, 0.5) is 5.82 Å². The fourth-order valence-corrected chi connectivity index (χ4v) is 1.23. The van der Waals surface area contributed by atoms with E-state index >= 15 is 0 Å². The van der Waals surface area contributed by atoms with Gasteiger partial charge in [-0.2, -0.15) is 0 Å². The second kappa shape index (κ2) is 4.42. The monoisotopic (exact) mass is 212 g/mol. The molecule has 14 heavy (non-hydrogen) atoms. The molecule has 1 amide bonds. The van der Waals surface area contributed by atoms with Crippen molar-refractivity contribution in [1.29, 1.82) is 0 Å². The van der Waals surface area contributed by atoms with E-state index in [0.717, 1.165) is 0 Å². The molecular formula is C10H13ClN2O. The fraction of sp³-hybridized carbons (Fsp3) is 0.400. The summed E-state index contributed by atoms with van der Waals surface area (Å²) in [7, 11) is 1.70. The average molecular weight is 213 g/mol. The number of anilines is 1. The lowest BCUT2D eigenvalue weighted by molar-refractivity contribution is -0.121. The summed E-state index contributed by atoms with van der Waals surface area (Å²) in [5.41, 5.74) is 0. The van der Waals surface area contributed by atoms with Crippen molar-refractivity contribution >= 4 is 23.3 Å². The van der Waals surface area contributed by atoms with Crippen LogP contribution < -0.4 is 4.90 Å². The zero-order valence-electron chi connectivity index (χ0n) is 8.49. The Morgan fingerprint density at radius 1 is 1.57 bits per heavy atom. The second-order valence-electron chi connectivity index (χ2n) is 3.38. The van der Waals surface area contributed by atoms with Gasteiger partial charge in [-0.3, -0.25) is 9.69 Å². The van der Waals surface area contributed by atoms with Crippen LogP contribution in [-0.4, -0.2) is 17.9 Å². The normalized spacial score (nSPS) is 10.4. The Morgan fingerprint density at radius 3 is 2.71 bits per heavy atom. The van der Waals surface area contributed by atoms with Gasteiger partial charge in [0.25, 0.3) is 0 Å². The van der Waals surface area contributed by atoms with Crippen molar-refractivity contribution in [3.8, 4) is 0 Å². The first kappa shape index (κ1) is 11.0.